The first-order valence-corrected chi connectivity index (χ1v) is 6.48. The second-order valence-corrected chi connectivity index (χ2v) is 4.92. The number of pyridine rings is 1. The first-order valence-electron chi connectivity index (χ1n) is 5.32. The highest BCUT2D eigenvalue weighted by Gasteiger charge is 2.18. The Morgan fingerprint density at radius 2 is 2.22 bits per heavy atom. The Bertz CT molecular complexity index is 476. The van der Waals surface area contributed by atoms with Gasteiger partial charge in [0.15, 0.2) is 0 Å². The van der Waals surface area contributed by atoms with Crippen molar-refractivity contribution in [2.24, 2.45) is 0 Å². The number of hydrogen-bond acceptors (Lipinski definition) is 5. The third-order valence-electron chi connectivity index (χ3n) is 2.46. The van der Waals surface area contributed by atoms with Crippen molar-refractivity contribution in [2.45, 2.75) is 26.0 Å². The molecule has 0 aliphatic carbocycles. The molecule has 0 bridgehead atoms. The highest BCUT2D eigenvalue weighted by atomic mass is 32.2. The molecule has 0 fully saturated rings. The highest BCUT2D eigenvalue weighted by molar-refractivity contribution is 7.98. The van der Waals surface area contributed by atoms with Crippen LogP contribution in [0.2, 0.25) is 0 Å². The van der Waals surface area contributed by atoms with Gasteiger partial charge in [-0.2, -0.15) is 11.8 Å². The third-order valence-corrected chi connectivity index (χ3v) is 3.43. The molecule has 1 aromatic heterocycles. The molecule has 0 aliphatic rings. The molecule has 1 rings (SSSR count). The molecular formula is C11H14N2O4S. The summed E-state index contributed by atoms with van der Waals surface area (Å²) in [6.45, 7) is 3.32. The van der Waals surface area contributed by atoms with E-state index in [0.717, 1.165) is 0 Å². The van der Waals surface area contributed by atoms with Crippen LogP contribution < -0.4 is 0 Å². The second kappa shape index (κ2) is 6.34. The van der Waals surface area contributed by atoms with E-state index in [2.05, 4.69) is 4.98 Å². The standard InChI is InChI=1S/C11H14N2O4S/c1-7-5-12-9(6-18-4-3-10(14)15)8(2)11(7)13(16)17/h5H,3-4,6H2,1-2H3,(H,14,15). The first kappa shape index (κ1) is 14.4. The Kier molecular flexibility index (Phi) is 5.08. The van der Waals surface area contributed by atoms with E-state index < -0.39 is 10.9 Å². The van der Waals surface area contributed by atoms with Crippen LogP contribution in [0.3, 0.4) is 0 Å². The average molecular weight is 270 g/mol. The Morgan fingerprint density at radius 1 is 1.56 bits per heavy atom. The van der Waals surface area contributed by atoms with Gasteiger partial charge in [-0.15, -0.1) is 0 Å². The summed E-state index contributed by atoms with van der Waals surface area (Å²) in [6.07, 6.45) is 1.57. The predicted molar refractivity (Wildman–Crippen MR) is 68.8 cm³/mol. The molecule has 1 N–H and O–H groups in total. The number of nitrogens with zero attached hydrogens (tertiary/aromatic N) is 2. The van der Waals surface area contributed by atoms with Gasteiger partial charge in [0.1, 0.15) is 0 Å². The molecule has 0 saturated carbocycles. The molecule has 18 heavy (non-hydrogen) atoms. The van der Waals surface area contributed by atoms with Crippen molar-refractivity contribution in [2.75, 3.05) is 5.75 Å². The zero-order valence-electron chi connectivity index (χ0n) is 10.2. The number of carboxylic acids is 1. The maximum absolute atomic E-state index is 10.9. The molecule has 0 radical (unpaired) electrons. The molecule has 6 nitrogen and oxygen atoms in total. The molecule has 0 aliphatic heterocycles. The Balaban J connectivity index is 2.75. The fourth-order valence-corrected chi connectivity index (χ4v) is 2.47. The number of aryl methyl sites for hydroxylation is 1. The summed E-state index contributed by atoms with van der Waals surface area (Å²) in [5, 5.41) is 19.4. The lowest BCUT2D eigenvalue weighted by atomic mass is 10.1. The molecule has 0 saturated heterocycles. The lowest BCUT2D eigenvalue weighted by molar-refractivity contribution is -0.386. The summed E-state index contributed by atoms with van der Waals surface area (Å²) >= 11 is 1.41. The first-order chi connectivity index (χ1) is 8.43. The molecule has 0 aromatic carbocycles. The van der Waals surface area contributed by atoms with Crippen LogP contribution in [0.15, 0.2) is 6.20 Å². The minimum Gasteiger partial charge on any atom is -0.481 e. The van der Waals surface area contributed by atoms with Gasteiger partial charge in [-0.1, -0.05) is 0 Å². The SMILES string of the molecule is Cc1cnc(CSCCC(=O)O)c(C)c1[N+](=O)[O-]. The quantitative estimate of drug-likeness (QED) is 0.484. The van der Waals surface area contributed by atoms with Gasteiger partial charge in [-0.25, -0.2) is 0 Å². The molecular weight excluding hydrogens is 256 g/mol. The van der Waals surface area contributed by atoms with Crippen LogP contribution in [-0.2, 0) is 10.5 Å². The van der Waals surface area contributed by atoms with E-state index in [4.69, 9.17) is 5.11 Å². The Morgan fingerprint density at radius 3 is 2.78 bits per heavy atom. The monoisotopic (exact) mass is 270 g/mol. The summed E-state index contributed by atoms with van der Waals surface area (Å²) in [6, 6.07) is 0. The normalized spacial score (nSPS) is 10.3. The number of thioether (sulfide) groups is 1. The largest absolute Gasteiger partial charge is 0.481 e. The van der Waals surface area contributed by atoms with Crippen molar-refractivity contribution in [3.8, 4) is 0 Å². The van der Waals surface area contributed by atoms with Crippen LogP contribution in [0.1, 0.15) is 23.2 Å². The molecule has 98 valence electrons. The van der Waals surface area contributed by atoms with Crippen LogP contribution in [0.25, 0.3) is 0 Å². The van der Waals surface area contributed by atoms with E-state index >= 15 is 0 Å². The van der Waals surface area contributed by atoms with E-state index in [9.17, 15) is 14.9 Å². The fraction of sp³-hybridized carbons (Fsp3) is 0.455. The maximum Gasteiger partial charge on any atom is 0.304 e. The van der Waals surface area contributed by atoms with Gasteiger partial charge in [-0.05, 0) is 13.8 Å². The van der Waals surface area contributed by atoms with E-state index in [-0.39, 0.29) is 12.1 Å². The number of hydrogen-bond donors (Lipinski definition) is 1. The van der Waals surface area contributed by atoms with Crippen LogP contribution in [0, 0.1) is 24.0 Å². The molecule has 1 aromatic rings. The smallest absolute Gasteiger partial charge is 0.304 e. The van der Waals surface area contributed by atoms with Gasteiger partial charge in [0.2, 0.25) is 0 Å². The lowest BCUT2D eigenvalue weighted by Crippen LogP contribution is -2.02. The number of rotatable bonds is 6. The second-order valence-electron chi connectivity index (χ2n) is 3.81. The summed E-state index contributed by atoms with van der Waals surface area (Å²) in [5.41, 5.74) is 1.83. The van der Waals surface area contributed by atoms with Crippen molar-refractivity contribution in [1.82, 2.24) is 4.98 Å². The number of aromatic nitrogens is 1. The van der Waals surface area contributed by atoms with Crippen LogP contribution in [-0.4, -0.2) is 26.7 Å². The van der Waals surface area contributed by atoms with Crippen molar-refractivity contribution < 1.29 is 14.8 Å². The van der Waals surface area contributed by atoms with Gasteiger partial charge >= 0.3 is 5.97 Å². The van der Waals surface area contributed by atoms with E-state index in [1.807, 2.05) is 0 Å². The van der Waals surface area contributed by atoms with Crippen molar-refractivity contribution in [3.63, 3.8) is 0 Å². The number of nitro groups is 1. The summed E-state index contributed by atoms with van der Waals surface area (Å²) in [5.74, 6) is 0.111. The summed E-state index contributed by atoms with van der Waals surface area (Å²) < 4.78 is 0. The number of aliphatic carboxylic acids is 1. The van der Waals surface area contributed by atoms with Crippen LogP contribution in [0.4, 0.5) is 5.69 Å². The third kappa shape index (κ3) is 3.69. The number of carbonyl (C=O) groups is 1. The summed E-state index contributed by atoms with van der Waals surface area (Å²) in [4.78, 5) is 25.0. The minimum absolute atomic E-state index is 0.0810. The van der Waals surface area contributed by atoms with Gasteiger partial charge in [0.25, 0.3) is 5.69 Å². The fourth-order valence-electron chi connectivity index (χ4n) is 1.52. The topological polar surface area (TPSA) is 93.3 Å². The molecule has 0 atom stereocenters. The van der Waals surface area contributed by atoms with Crippen molar-refractivity contribution in [3.05, 3.63) is 33.1 Å². The van der Waals surface area contributed by atoms with Crippen LogP contribution in [0.5, 0.6) is 0 Å². The van der Waals surface area contributed by atoms with Gasteiger partial charge in [0.05, 0.1) is 17.0 Å². The van der Waals surface area contributed by atoms with E-state index in [1.165, 1.54) is 18.0 Å². The maximum atomic E-state index is 10.9. The zero-order chi connectivity index (χ0) is 13.7. The van der Waals surface area contributed by atoms with Gasteiger partial charge < -0.3 is 5.11 Å². The molecule has 1 heterocycles. The van der Waals surface area contributed by atoms with E-state index in [0.29, 0.717) is 28.3 Å². The van der Waals surface area contributed by atoms with Crippen molar-refractivity contribution in [1.29, 1.82) is 0 Å². The summed E-state index contributed by atoms with van der Waals surface area (Å²) in [7, 11) is 0. The average Bonchev–Trinajstić information content (AvgIpc) is 2.26. The predicted octanol–water partition coefficient (Wildman–Crippen LogP) is 2.31. The Labute approximate surface area is 109 Å². The molecule has 0 amide bonds. The van der Waals surface area contributed by atoms with Gasteiger partial charge in [-0.3, -0.25) is 19.9 Å². The minimum atomic E-state index is -0.845. The Hall–Kier alpha value is -1.63. The van der Waals surface area contributed by atoms with Crippen LogP contribution >= 0.6 is 11.8 Å². The molecule has 0 unspecified atom stereocenters. The van der Waals surface area contributed by atoms with Gasteiger partial charge in [0, 0.05) is 28.8 Å². The lowest BCUT2D eigenvalue weighted by Gasteiger charge is -2.06. The van der Waals surface area contributed by atoms with Crippen molar-refractivity contribution >= 4 is 23.4 Å². The number of carboxylic acid groups (broad SMARTS) is 1. The zero-order valence-corrected chi connectivity index (χ0v) is 11.0. The molecule has 0 spiro atoms. The highest BCUT2D eigenvalue weighted by Crippen LogP contribution is 2.26. The molecule has 7 heteroatoms. The van der Waals surface area contributed by atoms with E-state index in [1.54, 1.807) is 13.8 Å².